The van der Waals surface area contributed by atoms with Crippen LogP contribution in [0.25, 0.3) is 0 Å². The van der Waals surface area contributed by atoms with E-state index in [1.807, 2.05) is 0 Å². The van der Waals surface area contributed by atoms with Crippen molar-refractivity contribution in [2.75, 3.05) is 12.5 Å². The summed E-state index contributed by atoms with van der Waals surface area (Å²) in [4.78, 5) is 21.8. The maximum absolute atomic E-state index is 12.2. The zero-order chi connectivity index (χ0) is 14.7. The molecule has 0 rings (SSSR count). The van der Waals surface area contributed by atoms with Gasteiger partial charge in [-0.2, -0.15) is 26.3 Å². The number of Topliss-reactive ketones (excluding diaryl/α,β-unsaturated/α-hetero) is 2. The summed E-state index contributed by atoms with van der Waals surface area (Å²) in [6, 6.07) is 0. The van der Waals surface area contributed by atoms with Gasteiger partial charge in [0.2, 0.25) is 0 Å². The quantitative estimate of drug-likeness (QED) is 0.345. The predicted molar refractivity (Wildman–Crippen MR) is 56.2 cm³/mol. The summed E-state index contributed by atoms with van der Waals surface area (Å²) in [5, 5.41) is 0. The van der Waals surface area contributed by atoms with Gasteiger partial charge in [-0.1, -0.05) is 0 Å². The summed E-state index contributed by atoms with van der Waals surface area (Å²) < 4.78 is 72.3. The number of hydrogen-bond acceptors (Lipinski definition) is 4. The number of thioether (sulfide) groups is 2. The third-order valence-electron chi connectivity index (χ3n) is 1.54. The van der Waals surface area contributed by atoms with Gasteiger partial charge in [0.25, 0.3) is 11.6 Å². The van der Waals surface area contributed by atoms with Crippen molar-refractivity contribution in [3.05, 3.63) is 9.81 Å². The van der Waals surface area contributed by atoms with Gasteiger partial charge >= 0.3 is 12.4 Å². The molecule has 0 fully saturated rings. The summed E-state index contributed by atoms with van der Waals surface area (Å²) in [7, 11) is 0. The Balaban J connectivity index is 5.85. The first-order valence-electron chi connectivity index (χ1n) is 4.02. The van der Waals surface area contributed by atoms with Crippen LogP contribution >= 0.6 is 23.5 Å². The van der Waals surface area contributed by atoms with Crippen molar-refractivity contribution in [3.63, 3.8) is 0 Å². The lowest BCUT2D eigenvalue weighted by molar-refractivity contribution is -0.175. The maximum atomic E-state index is 12.2. The molecule has 0 radical (unpaired) electrons. The third kappa shape index (κ3) is 4.23. The molecule has 0 saturated carbocycles. The van der Waals surface area contributed by atoms with Gasteiger partial charge in [-0.15, -0.1) is 23.5 Å². The van der Waals surface area contributed by atoms with Gasteiger partial charge in [-0.25, -0.2) is 0 Å². The highest BCUT2D eigenvalue weighted by atomic mass is 32.2. The lowest BCUT2D eigenvalue weighted by Crippen LogP contribution is -2.35. The van der Waals surface area contributed by atoms with E-state index in [0.29, 0.717) is 23.5 Å². The van der Waals surface area contributed by atoms with E-state index in [2.05, 4.69) is 0 Å². The number of carbonyl (C=O) groups excluding carboxylic acids is 2. The summed E-state index contributed by atoms with van der Waals surface area (Å²) in [5.74, 6) is -5.58. The Morgan fingerprint density at radius 3 is 1.22 bits per heavy atom. The van der Waals surface area contributed by atoms with Crippen molar-refractivity contribution in [3.8, 4) is 0 Å². The highest BCUT2D eigenvalue weighted by Gasteiger charge is 2.51. The molecule has 10 heteroatoms. The molecule has 0 amide bonds. The minimum atomic E-state index is -5.53. The van der Waals surface area contributed by atoms with Crippen LogP contribution < -0.4 is 0 Å². The molecular weight excluding hydrogens is 306 g/mol. The molecule has 0 aromatic carbocycles. The number of carbonyl (C=O) groups is 2. The summed E-state index contributed by atoms with van der Waals surface area (Å²) in [6.45, 7) is 0. The molecule has 0 heterocycles. The second-order valence-electron chi connectivity index (χ2n) is 2.72. The fourth-order valence-electron chi connectivity index (χ4n) is 0.859. The van der Waals surface area contributed by atoms with Gasteiger partial charge < -0.3 is 0 Å². The molecule has 2 nitrogen and oxygen atoms in total. The molecule has 18 heavy (non-hydrogen) atoms. The van der Waals surface area contributed by atoms with Gasteiger partial charge in [0, 0.05) is 0 Å². The van der Waals surface area contributed by atoms with Crippen molar-refractivity contribution in [1.82, 2.24) is 0 Å². The number of alkyl halides is 6. The average molecular weight is 312 g/mol. The third-order valence-corrected chi connectivity index (χ3v) is 3.69. The summed E-state index contributed by atoms with van der Waals surface area (Å²) >= 11 is 0.936. The fourth-order valence-corrected chi connectivity index (χ4v) is 2.31. The zero-order valence-corrected chi connectivity index (χ0v) is 10.5. The highest BCUT2D eigenvalue weighted by molar-refractivity contribution is 8.21. The molecule has 0 N–H and O–H groups in total. The molecule has 0 atom stereocenters. The normalized spacial score (nSPS) is 12.2. The Labute approximate surface area is 106 Å². The van der Waals surface area contributed by atoms with E-state index in [-0.39, 0.29) is 0 Å². The van der Waals surface area contributed by atoms with Crippen LogP contribution in [0, 0.1) is 0 Å². The number of halogens is 6. The first-order chi connectivity index (χ1) is 7.96. The molecule has 0 aliphatic carbocycles. The Kier molecular flexibility index (Phi) is 5.79. The topological polar surface area (TPSA) is 34.1 Å². The molecule has 0 aliphatic heterocycles. The molecule has 0 aromatic heterocycles. The van der Waals surface area contributed by atoms with Crippen LogP contribution in [0.4, 0.5) is 26.3 Å². The lowest BCUT2D eigenvalue weighted by atomic mass is 10.1. The van der Waals surface area contributed by atoms with Crippen LogP contribution in [0.2, 0.25) is 0 Å². The second kappa shape index (κ2) is 6.00. The van der Waals surface area contributed by atoms with E-state index in [1.165, 1.54) is 12.5 Å². The van der Waals surface area contributed by atoms with Crippen molar-refractivity contribution in [1.29, 1.82) is 0 Å². The van der Waals surface area contributed by atoms with Gasteiger partial charge in [0.05, 0.1) is 9.81 Å². The number of hydrogen-bond donors (Lipinski definition) is 0. The predicted octanol–water partition coefficient (Wildman–Crippen LogP) is 3.19. The number of allylic oxidation sites excluding steroid dienone is 1. The van der Waals surface area contributed by atoms with Gasteiger partial charge in [0.1, 0.15) is 0 Å². The SMILES string of the molecule is CSC(SC)=C(C(=O)C(F)(F)F)C(=O)C(F)(F)F. The van der Waals surface area contributed by atoms with Crippen LogP contribution in [0.1, 0.15) is 0 Å². The molecule has 104 valence electrons. The fraction of sp³-hybridized carbons (Fsp3) is 0.500. The van der Waals surface area contributed by atoms with Crippen LogP contribution in [-0.4, -0.2) is 36.4 Å². The first-order valence-corrected chi connectivity index (χ1v) is 6.47. The minimum absolute atomic E-state index is 0.468. The first kappa shape index (κ1) is 17.4. The molecule has 0 aromatic rings. The molecule has 0 unspecified atom stereocenters. The largest absolute Gasteiger partial charge is 0.455 e. The second-order valence-corrected chi connectivity index (χ2v) is 4.62. The van der Waals surface area contributed by atoms with Crippen LogP contribution in [-0.2, 0) is 9.59 Å². The molecular formula is C8H6F6O2S2. The Morgan fingerprint density at radius 1 is 0.778 bits per heavy atom. The van der Waals surface area contributed by atoms with Crippen molar-refractivity contribution in [2.45, 2.75) is 12.4 Å². The zero-order valence-electron chi connectivity index (χ0n) is 8.90. The van der Waals surface area contributed by atoms with Crippen LogP contribution in [0.3, 0.4) is 0 Å². The molecule has 0 spiro atoms. The van der Waals surface area contributed by atoms with Crippen LogP contribution in [0.15, 0.2) is 9.81 Å². The van der Waals surface area contributed by atoms with E-state index in [4.69, 9.17) is 0 Å². The Bertz CT molecular complexity index is 348. The Morgan fingerprint density at radius 2 is 1.06 bits per heavy atom. The van der Waals surface area contributed by atoms with Gasteiger partial charge in [-0.05, 0) is 12.5 Å². The van der Waals surface area contributed by atoms with Gasteiger partial charge in [0.15, 0.2) is 0 Å². The minimum Gasteiger partial charge on any atom is -0.284 e. The average Bonchev–Trinajstić information content (AvgIpc) is 2.21. The smallest absolute Gasteiger partial charge is 0.284 e. The summed E-state index contributed by atoms with van der Waals surface area (Å²) in [6.07, 6.45) is -8.74. The van der Waals surface area contributed by atoms with E-state index in [1.54, 1.807) is 0 Å². The number of rotatable bonds is 4. The van der Waals surface area contributed by atoms with E-state index >= 15 is 0 Å². The van der Waals surface area contributed by atoms with E-state index < -0.39 is 33.7 Å². The van der Waals surface area contributed by atoms with E-state index in [9.17, 15) is 35.9 Å². The van der Waals surface area contributed by atoms with Crippen molar-refractivity contribution in [2.24, 2.45) is 0 Å². The molecule has 0 saturated heterocycles. The molecule has 0 aliphatic rings. The number of ketones is 2. The van der Waals surface area contributed by atoms with Crippen molar-refractivity contribution < 1.29 is 35.9 Å². The van der Waals surface area contributed by atoms with Crippen molar-refractivity contribution >= 4 is 35.1 Å². The Hall–Kier alpha value is -0.640. The standard InChI is InChI=1S/C8H6F6O2S2/c1-17-6(18-2)3(4(15)7(9,10)11)5(16)8(12,13)14/h1-2H3. The van der Waals surface area contributed by atoms with Crippen LogP contribution in [0.5, 0.6) is 0 Å². The summed E-state index contributed by atoms with van der Waals surface area (Å²) in [5.41, 5.74) is -1.88. The molecule has 0 bridgehead atoms. The highest BCUT2D eigenvalue weighted by Crippen LogP contribution is 2.35. The lowest BCUT2D eigenvalue weighted by Gasteiger charge is -2.13. The van der Waals surface area contributed by atoms with Gasteiger partial charge in [-0.3, -0.25) is 9.59 Å². The monoisotopic (exact) mass is 312 g/mol. The van der Waals surface area contributed by atoms with E-state index in [0.717, 1.165) is 0 Å². The maximum Gasteiger partial charge on any atom is 0.455 e.